The molecule has 0 aliphatic carbocycles. The van der Waals surface area contributed by atoms with Gasteiger partial charge in [-0.2, -0.15) is 0 Å². The number of likely N-dealkylation sites (tertiary alicyclic amines) is 1. The van der Waals surface area contributed by atoms with Gasteiger partial charge in [-0.05, 0) is 56.3 Å². The van der Waals surface area contributed by atoms with E-state index in [1.54, 1.807) is 24.3 Å². The standard InChI is InChI=1S/C20H21FN4O2/c1-27-18-10-9-17-22-19(14-5-7-15(21)8-6-14)20(25(17)23-18)16(26)13-24-11-3-2-4-12-24/h5-10H,2-4,11-13H2,1H3. The van der Waals surface area contributed by atoms with Crippen LogP contribution in [0, 0.1) is 5.82 Å². The van der Waals surface area contributed by atoms with Gasteiger partial charge in [0.05, 0.1) is 13.7 Å². The molecule has 0 bridgehead atoms. The highest BCUT2D eigenvalue weighted by Crippen LogP contribution is 2.26. The summed E-state index contributed by atoms with van der Waals surface area (Å²) in [6.45, 7) is 2.16. The number of nitrogens with zero attached hydrogens (tertiary/aromatic N) is 4. The molecule has 0 amide bonds. The number of fused-ring (bicyclic) bond motifs is 1. The molecule has 0 N–H and O–H groups in total. The van der Waals surface area contributed by atoms with Crippen LogP contribution in [0.4, 0.5) is 4.39 Å². The van der Waals surface area contributed by atoms with Crippen LogP contribution in [-0.4, -0.2) is 52.0 Å². The Morgan fingerprint density at radius 3 is 2.56 bits per heavy atom. The molecule has 1 saturated heterocycles. The van der Waals surface area contributed by atoms with Crippen LogP contribution in [0.3, 0.4) is 0 Å². The third kappa shape index (κ3) is 3.55. The normalized spacial score (nSPS) is 15.2. The summed E-state index contributed by atoms with van der Waals surface area (Å²) in [5.74, 6) is 0.0190. The van der Waals surface area contributed by atoms with Crippen LogP contribution in [-0.2, 0) is 0 Å². The fraction of sp³-hybridized carbons (Fsp3) is 0.350. The van der Waals surface area contributed by atoms with Gasteiger partial charge < -0.3 is 4.74 Å². The summed E-state index contributed by atoms with van der Waals surface area (Å²) < 4.78 is 20.1. The van der Waals surface area contributed by atoms with E-state index in [0.717, 1.165) is 25.9 Å². The van der Waals surface area contributed by atoms with E-state index in [0.29, 0.717) is 35.0 Å². The number of hydrogen-bond donors (Lipinski definition) is 0. The third-order valence-corrected chi connectivity index (χ3v) is 4.86. The van der Waals surface area contributed by atoms with Gasteiger partial charge in [-0.3, -0.25) is 9.69 Å². The Morgan fingerprint density at radius 1 is 1.11 bits per heavy atom. The van der Waals surface area contributed by atoms with E-state index in [1.165, 1.54) is 30.2 Å². The van der Waals surface area contributed by atoms with E-state index in [9.17, 15) is 9.18 Å². The Morgan fingerprint density at radius 2 is 1.85 bits per heavy atom. The monoisotopic (exact) mass is 368 g/mol. The number of piperidine rings is 1. The Hall–Kier alpha value is -2.80. The fourth-order valence-electron chi connectivity index (χ4n) is 3.48. The molecule has 27 heavy (non-hydrogen) atoms. The summed E-state index contributed by atoms with van der Waals surface area (Å²) in [5, 5.41) is 4.39. The van der Waals surface area contributed by atoms with Crippen molar-refractivity contribution in [2.75, 3.05) is 26.7 Å². The van der Waals surface area contributed by atoms with Crippen LogP contribution in [0.5, 0.6) is 5.88 Å². The minimum Gasteiger partial charge on any atom is -0.480 e. The molecule has 0 saturated carbocycles. The molecule has 0 unspecified atom stereocenters. The predicted octanol–water partition coefficient (Wildman–Crippen LogP) is 3.21. The lowest BCUT2D eigenvalue weighted by Gasteiger charge is -2.25. The van der Waals surface area contributed by atoms with E-state index in [1.807, 2.05) is 0 Å². The summed E-state index contributed by atoms with van der Waals surface area (Å²) >= 11 is 0. The van der Waals surface area contributed by atoms with E-state index < -0.39 is 0 Å². The van der Waals surface area contributed by atoms with E-state index in [4.69, 9.17) is 4.74 Å². The highest BCUT2D eigenvalue weighted by molar-refractivity contribution is 6.02. The van der Waals surface area contributed by atoms with E-state index in [-0.39, 0.29) is 11.6 Å². The number of rotatable bonds is 5. The lowest BCUT2D eigenvalue weighted by molar-refractivity contribution is 0.0909. The maximum atomic E-state index is 13.3. The zero-order chi connectivity index (χ0) is 18.8. The van der Waals surface area contributed by atoms with Crippen LogP contribution in [0.1, 0.15) is 29.8 Å². The van der Waals surface area contributed by atoms with Crippen molar-refractivity contribution >= 4 is 11.4 Å². The molecule has 0 radical (unpaired) electrons. The van der Waals surface area contributed by atoms with Crippen LogP contribution in [0.15, 0.2) is 36.4 Å². The van der Waals surface area contributed by atoms with Crippen molar-refractivity contribution in [1.29, 1.82) is 0 Å². The smallest absolute Gasteiger partial charge is 0.231 e. The maximum Gasteiger partial charge on any atom is 0.231 e. The van der Waals surface area contributed by atoms with Crippen molar-refractivity contribution in [2.24, 2.45) is 0 Å². The molecule has 2 aromatic heterocycles. The van der Waals surface area contributed by atoms with Crippen molar-refractivity contribution in [1.82, 2.24) is 19.5 Å². The number of ketones is 1. The van der Waals surface area contributed by atoms with E-state index >= 15 is 0 Å². The van der Waals surface area contributed by atoms with Crippen molar-refractivity contribution < 1.29 is 13.9 Å². The first-order chi connectivity index (χ1) is 13.2. The van der Waals surface area contributed by atoms with Crippen LogP contribution >= 0.6 is 0 Å². The molecule has 6 nitrogen and oxygen atoms in total. The Kier molecular flexibility index (Phi) is 4.85. The van der Waals surface area contributed by atoms with Gasteiger partial charge in [-0.25, -0.2) is 13.9 Å². The second kappa shape index (κ2) is 7.44. The number of Topliss-reactive ketones (excluding diaryl/α,β-unsaturated/α-hetero) is 1. The number of aromatic nitrogens is 3. The maximum absolute atomic E-state index is 13.3. The molecule has 3 heterocycles. The summed E-state index contributed by atoms with van der Waals surface area (Å²) in [6, 6.07) is 9.46. The number of imidazole rings is 1. The quantitative estimate of drug-likeness (QED) is 0.647. The minimum atomic E-state index is -0.330. The first-order valence-electron chi connectivity index (χ1n) is 9.11. The van der Waals surface area contributed by atoms with Crippen molar-refractivity contribution in [3.63, 3.8) is 0 Å². The third-order valence-electron chi connectivity index (χ3n) is 4.86. The number of hydrogen-bond acceptors (Lipinski definition) is 5. The average molecular weight is 368 g/mol. The molecule has 0 spiro atoms. The molecule has 1 aliphatic rings. The van der Waals surface area contributed by atoms with Gasteiger partial charge in [0.15, 0.2) is 11.4 Å². The zero-order valence-electron chi connectivity index (χ0n) is 15.2. The summed E-state index contributed by atoms with van der Waals surface area (Å²) in [6.07, 6.45) is 3.43. The molecule has 4 rings (SSSR count). The largest absolute Gasteiger partial charge is 0.480 e. The Balaban J connectivity index is 1.80. The van der Waals surface area contributed by atoms with E-state index in [2.05, 4.69) is 15.0 Å². The van der Waals surface area contributed by atoms with Gasteiger partial charge in [0.2, 0.25) is 5.88 Å². The fourth-order valence-corrected chi connectivity index (χ4v) is 3.48. The molecule has 140 valence electrons. The summed E-state index contributed by atoms with van der Waals surface area (Å²) in [4.78, 5) is 19.9. The van der Waals surface area contributed by atoms with Gasteiger partial charge in [0, 0.05) is 11.6 Å². The number of carbonyl (C=O) groups is 1. The molecule has 0 atom stereocenters. The first-order valence-corrected chi connectivity index (χ1v) is 9.11. The lowest BCUT2D eigenvalue weighted by atomic mass is 10.1. The Bertz CT molecular complexity index is 962. The number of carbonyl (C=O) groups excluding carboxylic acids is 1. The molecule has 1 aliphatic heterocycles. The number of halogens is 1. The predicted molar refractivity (Wildman–Crippen MR) is 99.6 cm³/mol. The summed E-state index contributed by atoms with van der Waals surface area (Å²) in [7, 11) is 1.53. The highest BCUT2D eigenvalue weighted by atomic mass is 19.1. The first kappa shape index (κ1) is 17.6. The van der Waals surface area contributed by atoms with Crippen LogP contribution in [0.25, 0.3) is 16.9 Å². The van der Waals surface area contributed by atoms with Crippen molar-refractivity contribution in [2.45, 2.75) is 19.3 Å². The molecular formula is C20H21FN4O2. The van der Waals surface area contributed by atoms with Gasteiger partial charge >= 0.3 is 0 Å². The molecule has 1 fully saturated rings. The van der Waals surface area contributed by atoms with Gasteiger partial charge in [-0.1, -0.05) is 6.42 Å². The van der Waals surface area contributed by atoms with Gasteiger partial charge in [0.1, 0.15) is 17.2 Å². The number of benzene rings is 1. The number of ether oxygens (including phenoxy) is 1. The zero-order valence-corrected chi connectivity index (χ0v) is 15.2. The van der Waals surface area contributed by atoms with Gasteiger partial charge in [-0.15, -0.1) is 5.10 Å². The lowest BCUT2D eigenvalue weighted by Crippen LogP contribution is -2.35. The summed E-state index contributed by atoms with van der Waals surface area (Å²) in [5.41, 5.74) is 2.15. The topological polar surface area (TPSA) is 59.7 Å². The molecule has 1 aromatic carbocycles. The molecule has 3 aromatic rings. The van der Waals surface area contributed by atoms with Crippen LogP contribution in [0.2, 0.25) is 0 Å². The van der Waals surface area contributed by atoms with Crippen LogP contribution < -0.4 is 4.74 Å². The van der Waals surface area contributed by atoms with Crippen molar-refractivity contribution in [3.8, 4) is 17.1 Å². The second-order valence-electron chi connectivity index (χ2n) is 6.72. The van der Waals surface area contributed by atoms with Gasteiger partial charge in [0.25, 0.3) is 0 Å². The minimum absolute atomic E-state index is 0.0514. The molecule has 7 heteroatoms. The number of methoxy groups -OCH3 is 1. The second-order valence-corrected chi connectivity index (χ2v) is 6.72. The average Bonchev–Trinajstić information content (AvgIpc) is 3.08. The Labute approximate surface area is 156 Å². The SMILES string of the molecule is COc1ccc2nc(-c3ccc(F)cc3)c(C(=O)CN3CCCCC3)n2n1. The van der Waals surface area contributed by atoms with Crippen molar-refractivity contribution in [3.05, 3.63) is 47.9 Å². The molecular weight excluding hydrogens is 347 g/mol. The highest BCUT2D eigenvalue weighted by Gasteiger charge is 2.24.